The number of nitrogen functional groups attached to an aromatic ring is 1. The normalized spacial score (nSPS) is 10.4. The maximum atomic E-state index is 13.1. The standard InChI is InChI=1S/C14H11ClFNO/c1-8-6-9(2-5-13(8)16)14(18)11-4-3-10(17)7-12(11)15/h2-7H,17H2,1H3. The molecule has 2 N–H and O–H groups in total. The molecule has 4 heteroatoms. The Hall–Kier alpha value is -1.87. The Labute approximate surface area is 109 Å². The van der Waals surface area contributed by atoms with Crippen molar-refractivity contribution in [2.45, 2.75) is 6.92 Å². The molecule has 92 valence electrons. The van der Waals surface area contributed by atoms with Crippen LogP contribution in [0.5, 0.6) is 0 Å². The van der Waals surface area contributed by atoms with Crippen LogP contribution >= 0.6 is 11.6 Å². The van der Waals surface area contributed by atoms with Crippen LogP contribution < -0.4 is 5.73 Å². The average molecular weight is 264 g/mol. The molecule has 0 aromatic heterocycles. The number of halogens is 2. The number of ketones is 1. The Balaban J connectivity index is 2.44. The summed E-state index contributed by atoms with van der Waals surface area (Å²) in [4.78, 5) is 12.2. The van der Waals surface area contributed by atoms with Gasteiger partial charge < -0.3 is 5.73 Å². The van der Waals surface area contributed by atoms with E-state index >= 15 is 0 Å². The van der Waals surface area contributed by atoms with E-state index in [4.69, 9.17) is 17.3 Å². The number of nitrogens with two attached hydrogens (primary N) is 1. The predicted octanol–water partition coefficient (Wildman–Crippen LogP) is 3.60. The molecule has 0 saturated heterocycles. The van der Waals surface area contributed by atoms with Crippen molar-refractivity contribution < 1.29 is 9.18 Å². The van der Waals surface area contributed by atoms with Crippen LogP contribution in [0.1, 0.15) is 21.5 Å². The molecule has 0 spiro atoms. The highest BCUT2D eigenvalue weighted by molar-refractivity contribution is 6.35. The van der Waals surface area contributed by atoms with Crippen LogP contribution in [-0.2, 0) is 0 Å². The first-order valence-electron chi connectivity index (χ1n) is 5.35. The van der Waals surface area contributed by atoms with Gasteiger partial charge in [0.2, 0.25) is 0 Å². The first-order chi connectivity index (χ1) is 8.49. The monoisotopic (exact) mass is 263 g/mol. The van der Waals surface area contributed by atoms with Crippen LogP contribution in [-0.4, -0.2) is 5.78 Å². The van der Waals surface area contributed by atoms with Gasteiger partial charge in [-0.25, -0.2) is 4.39 Å². The van der Waals surface area contributed by atoms with Crippen LogP contribution in [0.15, 0.2) is 36.4 Å². The first-order valence-corrected chi connectivity index (χ1v) is 5.72. The van der Waals surface area contributed by atoms with Gasteiger partial charge in [0, 0.05) is 16.8 Å². The summed E-state index contributed by atoms with van der Waals surface area (Å²) in [5.74, 6) is -0.585. The Morgan fingerprint density at radius 2 is 1.94 bits per heavy atom. The summed E-state index contributed by atoms with van der Waals surface area (Å²) in [6, 6.07) is 8.91. The highest BCUT2D eigenvalue weighted by Crippen LogP contribution is 2.22. The van der Waals surface area contributed by atoms with Gasteiger partial charge >= 0.3 is 0 Å². The van der Waals surface area contributed by atoms with E-state index in [0.717, 1.165) is 0 Å². The van der Waals surface area contributed by atoms with Crippen molar-refractivity contribution in [3.8, 4) is 0 Å². The molecule has 0 aliphatic heterocycles. The van der Waals surface area contributed by atoms with Crippen LogP contribution in [0.3, 0.4) is 0 Å². The average Bonchev–Trinajstić information content (AvgIpc) is 2.32. The summed E-state index contributed by atoms with van der Waals surface area (Å²) in [6.45, 7) is 1.61. The van der Waals surface area contributed by atoms with Gasteiger partial charge in [0.05, 0.1) is 5.02 Å². The minimum Gasteiger partial charge on any atom is -0.399 e. The lowest BCUT2D eigenvalue weighted by molar-refractivity contribution is 0.103. The van der Waals surface area contributed by atoms with Crippen molar-refractivity contribution in [1.82, 2.24) is 0 Å². The van der Waals surface area contributed by atoms with Crippen LogP contribution in [0, 0.1) is 12.7 Å². The van der Waals surface area contributed by atoms with E-state index in [1.807, 2.05) is 0 Å². The zero-order valence-corrected chi connectivity index (χ0v) is 10.5. The van der Waals surface area contributed by atoms with E-state index in [9.17, 15) is 9.18 Å². The molecule has 2 rings (SSSR count). The quantitative estimate of drug-likeness (QED) is 0.664. The van der Waals surface area contributed by atoms with Gasteiger partial charge in [0.25, 0.3) is 0 Å². The summed E-state index contributed by atoms with van der Waals surface area (Å²) >= 11 is 5.97. The van der Waals surface area contributed by atoms with E-state index in [0.29, 0.717) is 27.4 Å². The first kappa shape index (κ1) is 12.6. The van der Waals surface area contributed by atoms with Gasteiger partial charge in [-0.15, -0.1) is 0 Å². The third kappa shape index (κ3) is 2.36. The molecular formula is C14H11ClFNO. The fraction of sp³-hybridized carbons (Fsp3) is 0.0714. The molecule has 0 heterocycles. The van der Waals surface area contributed by atoms with Crippen molar-refractivity contribution in [3.05, 3.63) is 63.9 Å². The molecular weight excluding hydrogens is 253 g/mol. The van der Waals surface area contributed by atoms with Crippen molar-refractivity contribution in [3.63, 3.8) is 0 Å². The molecule has 0 atom stereocenters. The molecule has 0 amide bonds. The van der Waals surface area contributed by atoms with E-state index in [2.05, 4.69) is 0 Å². The fourth-order valence-corrected chi connectivity index (χ4v) is 1.93. The summed E-state index contributed by atoms with van der Waals surface area (Å²) < 4.78 is 13.1. The van der Waals surface area contributed by atoms with Gasteiger partial charge in [0.15, 0.2) is 5.78 Å². The molecule has 2 aromatic rings. The number of hydrogen-bond acceptors (Lipinski definition) is 2. The zero-order valence-electron chi connectivity index (χ0n) is 9.71. The summed E-state index contributed by atoms with van der Waals surface area (Å²) in [5.41, 5.74) is 7.24. The van der Waals surface area contributed by atoms with Crippen LogP contribution in [0.2, 0.25) is 5.02 Å². The number of hydrogen-bond donors (Lipinski definition) is 1. The number of anilines is 1. The van der Waals surface area contributed by atoms with Gasteiger partial charge in [0.1, 0.15) is 5.82 Å². The van der Waals surface area contributed by atoms with E-state index in [1.165, 1.54) is 24.3 Å². The molecule has 0 fully saturated rings. The molecule has 0 radical (unpaired) electrons. The molecule has 18 heavy (non-hydrogen) atoms. The molecule has 0 aliphatic carbocycles. The van der Waals surface area contributed by atoms with Crippen molar-refractivity contribution in [1.29, 1.82) is 0 Å². The highest BCUT2D eigenvalue weighted by Gasteiger charge is 2.13. The molecule has 2 nitrogen and oxygen atoms in total. The van der Waals surface area contributed by atoms with Gasteiger partial charge in [-0.05, 0) is 48.9 Å². The van der Waals surface area contributed by atoms with Crippen molar-refractivity contribution in [2.75, 3.05) is 5.73 Å². The van der Waals surface area contributed by atoms with Crippen molar-refractivity contribution in [2.24, 2.45) is 0 Å². The SMILES string of the molecule is Cc1cc(C(=O)c2ccc(N)cc2Cl)ccc1F. The number of carbonyl (C=O) groups is 1. The second-order valence-corrected chi connectivity index (χ2v) is 4.44. The van der Waals surface area contributed by atoms with Gasteiger partial charge in [-0.3, -0.25) is 4.79 Å². The highest BCUT2D eigenvalue weighted by atomic mass is 35.5. The molecule has 0 saturated carbocycles. The second-order valence-electron chi connectivity index (χ2n) is 4.03. The number of benzene rings is 2. The molecule has 0 aliphatic rings. The lowest BCUT2D eigenvalue weighted by atomic mass is 10.0. The third-order valence-electron chi connectivity index (χ3n) is 2.66. The minimum absolute atomic E-state index is 0.247. The smallest absolute Gasteiger partial charge is 0.194 e. The number of carbonyl (C=O) groups excluding carboxylic acids is 1. The van der Waals surface area contributed by atoms with Gasteiger partial charge in [-0.1, -0.05) is 11.6 Å². The Bertz CT molecular complexity index is 625. The lowest BCUT2D eigenvalue weighted by Crippen LogP contribution is -2.03. The minimum atomic E-state index is -0.338. The Morgan fingerprint density at radius 3 is 2.56 bits per heavy atom. The number of rotatable bonds is 2. The maximum absolute atomic E-state index is 13.1. The Morgan fingerprint density at radius 1 is 1.22 bits per heavy atom. The predicted molar refractivity (Wildman–Crippen MR) is 70.4 cm³/mol. The number of aryl methyl sites for hydroxylation is 1. The lowest BCUT2D eigenvalue weighted by Gasteiger charge is -2.06. The summed E-state index contributed by atoms with van der Waals surface area (Å²) in [7, 11) is 0. The second kappa shape index (κ2) is 4.78. The van der Waals surface area contributed by atoms with Crippen LogP contribution in [0.4, 0.5) is 10.1 Å². The summed E-state index contributed by atoms with van der Waals surface area (Å²) in [6.07, 6.45) is 0. The topological polar surface area (TPSA) is 43.1 Å². The largest absolute Gasteiger partial charge is 0.399 e. The summed E-state index contributed by atoms with van der Waals surface area (Å²) in [5, 5.41) is 0.293. The van der Waals surface area contributed by atoms with E-state index in [1.54, 1.807) is 19.1 Å². The zero-order chi connectivity index (χ0) is 13.3. The fourth-order valence-electron chi connectivity index (χ4n) is 1.66. The third-order valence-corrected chi connectivity index (χ3v) is 2.97. The van der Waals surface area contributed by atoms with E-state index in [-0.39, 0.29) is 11.6 Å². The van der Waals surface area contributed by atoms with E-state index < -0.39 is 0 Å². The van der Waals surface area contributed by atoms with Gasteiger partial charge in [-0.2, -0.15) is 0 Å². The molecule has 0 unspecified atom stereocenters. The Kier molecular flexibility index (Phi) is 3.34. The molecule has 0 bridgehead atoms. The van der Waals surface area contributed by atoms with Crippen LogP contribution in [0.25, 0.3) is 0 Å². The molecule has 2 aromatic carbocycles. The maximum Gasteiger partial charge on any atom is 0.194 e. The van der Waals surface area contributed by atoms with Crippen molar-refractivity contribution >= 4 is 23.1 Å².